The summed E-state index contributed by atoms with van der Waals surface area (Å²) >= 11 is 0. The van der Waals surface area contributed by atoms with Crippen molar-refractivity contribution in [1.29, 1.82) is 0 Å². The normalized spacial score (nSPS) is 22.1. The molecule has 25 heavy (non-hydrogen) atoms. The topological polar surface area (TPSA) is 56.6 Å². The summed E-state index contributed by atoms with van der Waals surface area (Å²) in [5.74, 6) is 0.976. The van der Waals surface area contributed by atoms with Crippen molar-refractivity contribution in [2.45, 2.75) is 31.5 Å². The highest BCUT2D eigenvalue weighted by Gasteiger charge is 2.44. The molecule has 0 radical (unpaired) electrons. The van der Waals surface area contributed by atoms with E-state index in [0.717, 1.165) is 25.0 Å². The van der Waals surface area contributed by atoms with Gasteiger partial charge in [0, 0.05) is 33.3 Å². The monoisotopic (exact) mass is 341 g/mol. The van der Waals surface area contributed by atoms with Gasteiger partial charge in [0.1, 0.15) is 17.0 Å². The number of hydrogen-bond donors (Lipinski definition) is 0. The number of hydrogen-bond acceptors (Lipinski definition) is 4. The lowest BCUT2D eigenvalue weighted by molar-refractivity contribution is 0.0483. The summed E-state index contributed by atoms with van der Waals surface area (Å²) < 4.78 is 13.2. The zero-order valence-electron chi connectivity index (χ0n) is 14.7. The van der Waals surface area contributed by atoms with Crippen molar-refractivity contribution >= 4 is 5.91 Å². The fourth-order valence-corrected chi connectivity index (χ4v) is 3.89. The van der Waals surface area contributed by atoms with E-state index < -0.39 is 0 Å². The van der Waals surface area contributed by atoms with E-state index in [-0.39, 0.29) is 11.5 Å². The van der Waals surface area contributed by atoms with Gasteiger partial charge < -0.3 is 14.4 Å². The number of ether oxygens (including phenoxy) is 2. The second kappa shape index (κ2) is 6.19. The Labute approximate surface area is 147 Å². The van der Waals surface area contributed by atoms with Gasteiger partial charge in [-0.1, -0.05) is 18.2 Å². The fraction of sp³-hybridized carbons (Fsp3) is 0.474. The van der Waals surface area contributed by atoms with Crippen LogP contribution in [-0.4, -0.2) is 46.4 Å². The van der Waals surface area contributed by atoms with Crippen molar-refractivity contribution in [2.24, 2.45) is 7.05 Å². The van der Waals surface area contributed by atoms with E-state index in [4.69, 9.17) is 9.47 Å². The molecule has 0 aliphatic carbocycles. The van der Waals surface area contributed by atoms with Gasteiger partial charge in [-0.25, -0.2) is 0 Å². The molecule has 4 rings (SSSR count). The quantitative estimate of drug-likeness (QED) is 0.859. The van der Waals surface area contributed by atoms with Crippen LogP contribution in [0.3, 0.4) is 0 Å². The Morgan fingerprint density at radius 2 is 2.20 bits per heavy atom. The van der Waals surface area contributed by atoms with E-state index >= 15 is 0 Å². The Morgan fingerprint density at radius 3 is 3.04 bits per heavy atom. The highest BCUT2D eigenvalue weighted by Crippen LogP contribution is 2.39. The maximum Gasteiger partial charge on any atom is 0.257 e. The molecule has 2 aliphatic heterocycles. The second-order valence-corrected chi connectivity index (χ2v) is 6.97. The summed E-state index contributed by atoms with van der Waals surface area (Å²) in [7, 11) is 3.43. The van der Waals surface area contributed by atoms with Gasteiger partial charge in [0.2, 0.25) is 0 Å². The number of methoxy groups -OCH3 is 1. The third kappa shape index (κ3) is 2.91. The Hall–Kier alpha value is -2.34. The Balaban J connectivity index is 1.52. The first-order chi connectivity index (χ1) is 12.1. The molecule has 6 nitrogen and oxygen atoms in total. The first-order valence-electron chi connectivity index (χ1n) is 8.68. The largest absolute Gasteiger partial charge is 0.485 e. The lowest BCUT2D eigenvalue weighted by atomic mass is 9.90. The van der Waals surface area contributed by atoms with E-state index in [1.165, 1.54) is 5.56 Å². The van der Waals surface area contributed by atoms with Crippen molar-refractivity contribution in [3.63, 3.8) is 0 Å². The third-order valence-corrected chi connectivity index (χ3v) is 5.17. The van der Waals surface area contributed by atoms with E-state index in [2.05, 4.69) is 11.2 Å². The number of para-hydroxylation sites is 1. The van der Waals surface area contributed by atoms with Gasteiger partial charge in [-0.15, -0.1) is 0 Å². The summed E-state index contributed by atoms with van der Waals surface area (Å²) in [6.07, 6.45) is 4.59. The van der Waals surface area contributed by atoms with Crippen molar-refractivity contribution in [3.05, 3.63) is 47.3 Å². The van der Waals surface area contributed by atoms with E-state index in [9.17, 15) is 4.79 Å². The predicted molar refractivity (Wildman–Crippen MR) is 92.6 cm³/mol. The van der Waals surface area contributed by atoms with Crippen LogP contribution in [0, 0.1) is 0 Å². The van der Waals surface area contributed by atoms with Crippen molar-refractivity contribution in [1.82, 2.24) is 14.7 Å². The molecule has 1 aromatic carbocycles. The zero-order valence-corrected chi connectivity index (χ0v) is 14.7. The van der Waals surface area contributed by atoms with Crippen molar-refractivity contribution in [2.75, 3.05) is 20.2 Å². The van der Waals surface area contributed by atoms with Crippen LogP contribution in [0.4, 0.5) is 0 Å². The average Bonchev–Trinajstić information content (AvgIpc) is 3.18. The molecule has 6 heteroatoms. The van der Waals surface area contributed by atoms with Crippen LogP contribution in [0.25, 0.3) is 0 Å². The maximum atomic E-state index is 13.0. The first kappa shape index (κ1) is 16.1. The van der Waals surface area contributed by atoms with Crippen LogP contribution < -0.4 is 4.74 Å². The average molecular weight is 341 g/mol. The van der Waals surface area contributed by atoms with Crippen LogP contribution in [0.2, 0.25) is 0 Å². The van der Waals surface area contributed by atoms with Gasteiger partial charge in [-0.05, 0) is 24.5 Å². The summed E-state index contributed by atoms with van der Waals surface area (Å²) in [5.41, 5.74) is 2.31. The van der Waals surface area contributed by atoms with Crippen molar-refractivity contribution in [3.8, 4) is 5.75 Å². The number of carbonyl (C=O) groups excluding carboxylic acids is 1. The van der Waals surface area contributed by atoms with Gasteiger partial charge in [0.25, 0.3) is 5.91 Å². The van der Waals surface area contributed by atoms with Gasteiger partial charge in [-0.3, -0.25) is 9.48 Å². The third-order valence-electron chi connectivity index (χ3n) is 5.17. The van der Waals surface area contributed by atoms with Crippen LogP contribution >= 0.6 is 0 Å². The number of benzene rings is 1. The van der Waals surface area contributed by atoms with Crippen LogP contribution in [0.15, 0.2) is 30.5 Å². The van der Waals surface area contributed by atoms with Gasteiger partial charge in [0.05, 0.1) is 18.7 Å². The molecule has 1 aromatic heterocycles. The number of nitrogens with zero attached hydrogens (tertiary/aromatic N) is 3. The maximum absolute atomic E-state index is 13.0. The molecule has 3 heterocycles. The lowest BCUT2D eigenvalue weighted by Gasteiger charge is -2.35. The Morgan fingerprint density at radius 1 is 1.36 bits per heavy atom. The van der Waals surface area contributed by atoms with Crippen LogP contribution in [0.1, 0.15) is 34.5 Å². The molecule has 132 valence electrons. The van der Waals surface area contributed by atoms with Gasteiger partial charge in [-0.2, -0.15) is 5.10 Å². The molecule has 1 fully saturated rings. The van der Waals surface area contributed by atoms with E-state index in [0.29, 0.717) is 31.0 Å². The molecule has 2 aliphatic rings. The summed E-state index contributed by atoms with van der Waals surface area (Å²) in [6.45, 7) is 1.68. The second-order valence-electron chi connectivity index (χ2n) is 6.97. The summed E-state index contributed by atoms with van der Waals surface area (Å²) in [6, 6.07) is 8.19. The molecular formula is C19H23N3O3. The molecule has 0 unspecified atom stereocenters. The summed E-state index contributed by atoms with van der Waals surface area (Å²) in [4.78, 5) is 14.9. The molecule has 1 spiro atoms. The minimum atomic E-state index is -0.256. The summed E-state index contributed by atoms with van der Waals surface area (Å²) in [5, 5.41) is 4.34. The number of rotatable bonds is 3. The van der Waals surface area contributed by atoms with Crippen LogP contribution in [-0.2, 0) is 24.8 Å². The molecule has 0 bridgehead atoms. The SMILES string of the molecule is COCc1nn(C)cc1C(=O)N1CC[C@@]2(CCc3ccccc3O2)C1. The molecular weight excluding hydrogens is 318 g/mol. The standard InChI is InChI=1S/C19H23N3O3/c1-21-11-15(16(20-21)12-24-2)18(23)22-10-9-19(13-22)8-7-14-5-3-4-6-17(14)25-19/h3-6,11H,7-10,12-13H2,1-2H3/t19-/m0/s1. The number of likely N-dealkylation sites (tertiary alicyclic amines) is 1. The number of amides is 1. The van der Waals surface area contributed by atoms with Gasteiger partial charge in [0.15, 0.2) is 0 Å². The Kier molecular flexibility index (Phi) is 4.00. The van der Waals surface area contributed by atoms with Gasteiger partial charge >= 0.3 is 0 Å². The molecule has 1 amide bonds. The Bertz CT molecular complexity index is 801. The lowest BCUT2D eigenvalue weighted by Crippen LogP contribution is -2.43. The molecule has 1 atom stereocenters. The predicted octanol–water partition coefficient (Wildman–Crippen LogP) is 2.18. The van der Waals surface area contributed by atoms with Crippen molar-refractivity contribution < 1.29 is 14.3 Å². The van der Waals surface area contributed by atoms with E-state index in [1.54, 1.807) is 18.0 Å². The first-order valence-corrected chi connectivity index (χ1v) is 8.68. The van der Waals surface area contributed by atoms with Crippen LogP contribution in [0.5, 0.6) is 5.75 Å². The van der Waals surface area contributed by atoms with E-state index in [1.807, 2.05) is 30.1 Å². The highest BCUT2D eigenvalue weighted by atomic mass is 16.5. The number of carbonyl (C=O) groups is 1. The smallest absolute Gasteiger partial charge is 0.257 e. The minimum Gasteiger partial charge on any atom is -0.485 e. The number of aryl methyl sites for hydroxylation is 2. The molecule has 0 saturated carbocycles. The number of aromatic nitrogens is 2. The molecule has 1 saturated heterocycles. The highest BCUT2D eigenvalue weighted by molar-refractivity contribution is 5.95. The molecule has 2 aromatic rings. The zero-order chi connectivity index (χ0) is 17.4. The minimum absolute atomic E-state index is 0.0134. The number of fused-ring (bicyclic) bond motifs is 1. The molecule has 0 N–H and O–H groups in total. The fourth-order valence-electron chi connectivity index (χ4n) is 3.89.